The van der Waals surface area contributed by atoms with Crippen LogP contribution < -0.4 is 10.2 Å². The van der Waals surface area contributed by atoms with Crippen molar-refractivity contribution in [3.63, 3.8) is 0 Å². The van der Waals surface area contributed by atoms with Crippen LogP contribution in [-0.4, -0.2) is 31.4 Å². The fourth-order valence-corrected chi connectivity index (χ4v) is 2.76. The number of methoxy groups -OCH3 is 1. The van der Waals surface area contributed by atoms with Gasteiger partial charge in [0.1, 0.15) is 12.4 Å². The standard InChI is InChI=1S/C17H12ClFN2O4/c1-25-8-15(22)20-13-7-14(11(18)6-12(13)19)21-16(23)9-4-2-3-5-10(9)17(21)24/h2-7H,8H2,1H3,(H,20,22). The largest absolute Gasteiger partial charge is 0.375 e. The minimum atomic E-state index is -0.796. The Hall–Kier alpha value is -2.77. The quantitative estimate of drug-likeness (QED) is 0.848. The third-order valence-electron chi connectivity index (χ3n) is 3.62. The summed E-state index contributed by atoms with van der Waals surface area (Å²) in [7, 11) is 1.32. The predicted octanol–water partition coefficient (Wildman–Crippen LogP) is 2.86. The summed E-state index contributed by atoms with van der Waals surface area (Å²) in [5.74, 6) is -2.52. The monoisotopic (exact) mass is 362 g/mol. The fraction of sp³-hybridized carbons (Fsp3) is 0.118. The molecule has 3 amide bonds. The summed E-state index contributed by atoms with van der Waals surface area (Å²) in [6, 6.07) is 8.39. The molecule has 6 nitrogen and oxygen atoms in total. The number of rotatable bonds is 4. The van der Waals surface area contributed by atoms with Crippen LogP contribution in [0.4, 0.5) is 15.8 Å². The van der Waals surface area contributed by atoms with Crippen molar-refractivity contribution in [3.05, 3.63) is 58.4 Å². The van der Waals surface area contributed by atoms with Gasteiger partial charge in [0.25, 0.3) is 11.8 Å². The van der Waals surface area contributed by atoms with Crippen molar-refractivity contribution in [1.29, 1.82) is 0 Å². The molecule has 0 fully saturated rings. The first-order chi connectivity index (χ1) is 11.9. The summed E-state index contributed by atoms with van der Waals surface area (Å²) in [6.45, 7) is -0.273. The van der Waals surface area contributed by atoms with Crippen molar-refractivity contribution < 1.29 is 23.5 Å². The van der Waals surface area contributed by atoms with Gasteiger partial charge >= 0.3 is 0 Å². The lowest BCUT2D eigenvalue weighted by molar-refractivity contribution is -0.119. The summed E-state index contributed by atoms with van der Waals surface area (Å²) in [6.07, 6.45) is 0. The molecule has 1 N–H and O–H groups in total. The predicted molar refractivity (Wildman–Crippen MR) is 89.5 cm³/mol. The van der Waals surface area contributed by atoms with E-state index in [2.05, 4.69) is 10.1 Å². The first-order valence-corrected chi connectivity index (χ1v) is 7.57. The number of carbonyl (C=O) groups excluding carboxylic acids is 3. The van der Waals surface area contributed by atoms with E-state index in [-0.39, 0.29) is 34.1 Å². The highest BCUT2D eigenvalue weighted by Gasteiger charge is 2.37. The van der Waals surface area contributed by atoms with Gasteiger partial charge in [-0.25, -0.2) is 9.29 Å². The maximum Gasteiger partial charge on any atom is 0.266 e. The first kappa shape index (κ1) is 17.1. The molecule has 0 aromatic heterocycles. The lowest BCUT2D eigenvalue weighted by atomic mass is 10.1. The van der Waals surface area contributed by atoms with Gasteiger partial charge in [0, 0.05) is 7.11 Å². The molecule has 0 saturated heterocycles. The molecule has 1 aliphatic rings. The van der Waals surface area contributed by atoms with E-state index >= 15 is 0 Å². The smallest absolute Gasteiger partial charge is 0.266 e. The molecule has 0 radical (unpaired) electrons. The van der Waals surface area contributed by atoms with Crippen LogP contribution in [0.25, 0.3) is 0 Å². The minimum absolute atomic E-state index is 0.0121. The number of ether oxygens (including phenoxy) is 1. The van der Waals surface area contributed by atoms with Crippen molar-refractivity contribution in [1.82, 2.24) is 0 Å². The molecule has 2 aromatic rings. The number of fused-ring (bicyclic) bond motifs is 1. The van der Waals surface area contributed by atoms with Crippen LogP contribution in [0.3, 0.4) is 0 Å². The Morgan fingerprint density at radius 3 is 2.36 bits per heavy atom. The number of anilines is 2. The van der Waals surface area contributed by atoms with E-state index in [1.165, 1.54) is 19.2 Å². The van der Waals surface area contributed by atoms with E-state index in [4.69, 9.17) is 11.6 Å². The molecule has 128 valence electrons. The topological polar surface area (TPSA) is 75.7 Å². The number of nitrogens with zero attached hydrogens (tertiary/aromatic N) is 1. The summed E-state index contributed by atoms with van der Waals surface area (Å²) >= 11 is 6.03. The Kier molecular flexibility index (Phi) is 4.52. The van der Waals surface area contributed by atoms with E-state index in [1.54, 1.807) is 12.1 Å². The van der Waals surface area contributed by atoms with Crippen molar-refractivity contribution >= 4 is 40.7 Å². The molecule has 0 bridgehead atoms. The van der Waals surface area contributed by atoms with Gasteiger partial charge in [0.05, 0.1) is 27.5 Å². The molecule has 0 spiro atoms. The number of amides is 3. The van der Waals surface area contributed by atoms with Crippen LogP contribution in [0.1, 0.15) is 20.7 Å². The number of hydrogen-bond donors (Lipinski definition) is 1. The van der Waals surface area contributed by atoms with Crippen LogP contribution in [0.15, 0.2) is 36.4 Å². The van der Waals surface area contributed by atoms with Crippen LogP contribution in [0.2, 0.25) is 5.02 Å². The molecule has 0 saturated carbocycles. The average Bonchev–Trinajstić information content (AvgIpc) is 2.82. The van der Waals surface area contributed by atoms with Gasteiger partial charge in [0.15, 0.2) is 0 Å². The van der Waals surface area contributed by atoms with Crippen molar-refractivity contribution in [3.8, 4) is 0 Å². The highest BCUT2D eigenvalue weighted by Crippen LogP contribution is 2.36. The third kappa shape index (κ3) is 2.99. The van der Waals surface area contributed by atoms with Gasteiger partial charge in [-0.15, -0.1) is 0 Å². The Labute approximate surface area is 147 Å². The number of hydrogen-bond acceptors (Lipinski definition) is 4. The molecular weight excluding hydrogens is 351 g/mol. The van der Waals surface area contributed by atoms with E-state index < -0.39 is 23.5 Å². The first-order valence-electron chi connectivity index (χ1n) is 7.19. The summed E-state index contributed by atoms with van der Waals surface area (Å²) in [5, 5.41) is 2.18. The molecule has 1 aliphatic heterocycles. The van der Waals surface area contributed by atoms with Crippen LogP contribution in [0.5, 0.6) is 0 Å². The maximum absolute atomic E-state index is 14.0. The highest BCUT2D eigenvalue weighted by molar-refractivity contribution is 6.40. The van der Waals surface area contributed by atoms with E-state index in [9.17, 15) is 18.8 Å². The maximum atomic E-state index is 14.0. The number of carbonyl (C=O) groups is 3. The lowest BCUT2D eigenvalue weighted by Gasteiger charge is -2.17. The second-order valence-electron chi connectivity index (χ2n) is 5.26. The van der Waals surface area contributed by atoms with Gasteiger partial charge in [-0.05, 0) is 24.3 Å². The average molecular weight is 363 g/mol. The second-order valence-corrected chi connectivity index (χ2v) is 5.66. The Balaban J connectivity index is 2.02. The molecule has 8 heteroatoms. The highest BCUT2D eigenvalue weighted by atomic mass is 35.5. The lowest BCUT2D eigenvalue weighted by Crippen LogP contribution is -2.30. The molecular formula is C17H12ClFN2O4. The van der Waals surface area contributed by atoms with Crippen molar-refractivity contribution in [2.75, 3.05) is 23.9 Å². The van der Waals surface area contributed by atoms with E-state index in [1.807, 2.05) is 0 Å². The van der Waals surface area contributed by atoms with Crippen molar-refractivity contribution in [2.45, 2.75) is 0 Å². The third-order valence-corrected chi connectivity index (χ3v) is 3.92. The number of imide groups is 1. The Bertz CT molecular complexity index is 865. The van der Waals surface area contributed by atoms with Crippen LogP contribution >= 0.6 is 11.6 Å². The zero-order valence-electron chi connectivity index (χ0n) is 13.0. The normalized spacial score (nSPS) is 13.2. The zero-order chi connectivity index (χ0) is 18.1. The summed E-state index contributed by atoms with van der Waals surface area (Å²) in [5.41, 5.74) is 0.246. The van der Waals surface area contributed by atoms with Gasteiger partial charge < -0.3 is 10.1 Å². The summed E-state index contributed by atoms with van der Waals surface area (Å²) in [4.78, 5) is 37.5. The van der Waals surface area contributed by atoms with Gasteiger partial charge in [-0.2, -0.15) is 0 Å². The van der Waals surface area contributed by atoms with Crippen LogP contribution in [0, 0.1) is 5.82 Å². The molecule has 1 heterocycles. The molecule has 0 unspecified atom stereocenters. The molecule has 2 aromatic carbocycles. The van der Waals surface area contributed by atoms with Crippen molar-refractivity contribution in [2.24, 2.45) is 0 Å². The van der Waals surface area contributed by atoms with Crippen LogP contribution in [-0.2, 0) is 9.53 Å². The number of halogens is 2. The van der Waals surface area contributed by atoms with Gasteiger partial charge in [-0.3, -0.25) is 14.4 Å². The van der Waals surface area contributed by atoms with Gasteiger partial charge in [-0.1, -0.05) is 23.7 Å². The van der Waals surface area contributed by atoms with Gasteiger partial charge in [0.2, 0.25) is 5.91 Å². The van der Waals surface area contributed by atoms with E-state index in [0.717, 1.165) is 17.0 Å². The van der Waals surface area contributed by atoms with E-state index in [0.29, 0.717) is 0 Å². The number of nitrogens with one attached hydrogen (secondary N) is 1. The number of benzene rings is 2. The molecule has 0 aliphatic carbocycles. The SMILES string of the molecule is COCC(=O)Nc1cc(N2C(=O)c3ccccc3C2=O)c(Cl)cc1F. The fourth-order valence-electron chi connectivity index (χ4n) is 2.53. The zero-order valence-corrected chi connectivity index (χ0v) is 13.8. The summed E-state index contributed by atoms with van der Waals surface area (Å²) < 4.78 is 18.7. The molecule has 0 atom stereocenters. The molecule has 3 rings (SSSR count). The molecule has 25 heavy (non-hydrogen) atoms. The second kappa shape index (κ2) is 6.62. The minimum Gasteiger partial charge on any atom is -0.375 e. The Morgan fingerprint density at radius 2 is 1.80 bits per heavy atom. The Morgan fingerprint density at radius 1 is 1.20 bits per heavy atom.